The van der Waals surface area contributed by atoms with Crippen LogP contribution in [0, 0.1) is 0 Å². The number of nitrogens with one attached hydrogen (secondary N) is 1. The number of hydrogen-bond acceptors (Lipinski definition) is 2. The smallest absolute Gasteiger partial charge is 0.126 e. The van der Waals surface area contributed by atoms with E-state index in [1.807, 2.05) is 0 Å². The van der Waals surface area contributed by atoms with Crippen molar-refractivity contribution in [1.29, 1.82) is 0 Å². The van der Waals surface area contributed by atoms with Crippen molar-refractivity contribution in [3.63, 3.8) is 0 Å². The van der Waals surface area contributed by atoms with E-state index in [1.165, 1.54) is 16.3 Å². The summed E-state index contributed by atoms with van der Waals surface area (Å²) in [6.45, 7) is 5.02. The molecule has 0 spiro atoms. The fourth-order valence-corrected chi connectivity index (χ4v) is 2.77. The third kappa shape index (κ3) is 2.57. The largest absolute Gasteiger partial charge is 0.496 e. The van der Waals surface area contributed by atoms with Gasteiger partial charge in [0.25, 0.3) is 0 Å². The minimum atomic E-state index is 0.878. The van der Waals surface area contributed by atoms with Gasteiger partial charge in [-0.3, -0.25) is 0 Å². The van der Waals surface area contributed by atoms with Gasteiger partial charge >= 0.3 is 0 Å². The average Bonchev–Trinajstić information content (AvgIpc) is 2.49. The molecule has 1 aliphatic rings. The van der Waals surface area contributed by atoms with Crippen molar-refractivity contribution in [1.82, 2.24) is 0 Å². The lowest BCUT2D eigenvalue weighted by molar-refractivity contribution is -0.921. The summed E-state index contributed by atoms with van der Waals surface area (Å²) in [6.07, 6.45) is 0. The SMILES string of the molecule is COc1ccc(C[NH+]2CCOCC2)c2ccccc12. The maximum absolute atomic E-state index is 5.45. The molecule has 1 heterocycles. The Hall–Kier alpha value is -1.58. The van der Waals surface area contributed by atoms with Crippen molar-refractivity contribution in [3.8, 4) is 5.75 Å². The summed E-state index contributed by atoms with van der Waals surface area (Å²) in [5.41, 5.74) is 1.40. The topological polar surface area (TPSA) is 22.9 Å². The number of rotatable bonds is 3. The van der Waals surface area contributed by atoms with E-state index in [1.54, 1.807) is 12.0 Å². The minimum absolute atomic E-state index is 0.878. The van der Waals surface area contributed by atoms with E-state index in [0.29, 0.717) is 0 Å². The third-order valence-corrected chi connectivity index (χ3v) is 3.83. The molecule has 0 radical (unpaired) electrons. The average molecular weight is 258 g/mol. The lowest BCUT2D eigenvalue weighted by Gasteiger charge is -2.24. The highest BCUT2D eigenvalue weighted by molar-refractivity contribution is 5.90. The fourth-order valence-electron chi connectivity index (χ4n) is 2.77. The Balaban J connectivity index is 1.94. The molecule has 1 N–H and O–H groups in total. The van der Waals surface area contributed by atoms with E-state index in [4.69, 9.17) is 9.47 Å². The van der Waals surface area contributed by atoms with Gasteiger partial charge in [-0.15, -0.1) is 0 Å². The molecule has 0 bridgehead atoms. The Morgan fingerprint density at radius 3 is 2.53 bits per heavy atom. The van der Waals surface area contributed by atoms with E-state index in [2.05, 4.69) is 36.4 Å². The highest BCUT2D eigenvalue weighted by Crippen LogP contribution is 2.27. The molecule has 0 atom stereocenters. The number of morpholine rings is 1. The van der Waals surface area contributed by atoms with E-state index in [9.17, 15) is 0 Å². The number of ether oxygens (including phenoxy) is 2. The predicted octanol–water partition coefficient (Wildman–Crippen LogP) is 1.26. The van der Waals surface area contributed by atoms with E-state index < -0.39 is 0 Å². The zero-order chi connectivity index (χ0) is 13.1. The number of benzene rings is 2. The first-order chi connectivity index (χ1) is 9.38. The number of hydrogen-bond donors (Lipinski definition) is 1. The van der Waals surface area contributed by atoms with Crippen LogP contribution in [0.1, 0.15) is 5.56 Å². The molecule has 19 heavy (non-hydrogen) atoms. The van der Waals surface area contributed by atoms with E-state index >= 15 is 0 Å². The minimum Gasteiger partial charge on any atom is -0.496 e. The summed E-state index contributed by atoms with van der Waals surface area (Å²) in [5.74, 6) is 0.955. The van der Waals surface area contributed by atoms with Gasteiger partial charge in [-0.1, -0.05) is 24.3 Å². The predicted molar refractivity (Wildman–Crippen MR) is 75.7 cm³/mol. The highest BCUT2D eigenvalue weighted by Gasteiger charge is 2.16. The Kier molecular flexibility index (Phi) is 3.67. The first-order valence-corrected chi connectivity index (χ1v) is 6.84. The maximum Gasteiger partial charge on any atom is 0.126 e. The zero-order valence-corrected chi connectivity index (χ0v) is 11.3. The number of methoxy groups -OCH3 is 1. The number of quaternary nitrogens is 1. The summed E-state index contributed by atoms with van der Waals surface area (Å²) < 4.78 is 10.9. The van der Waals surface area contributed by atoms with Crippen LogP contribution in [-0.2, 0) is 11.3 Å². The molecule has 3 rings (SSSR count). The molecule has 0 unspecified atom stereocenters. The van der Waals surface area contributed by atoms with E-state index in [0.717, 1.165) is 38.6 Å². The molecule has 2 aromatic rings. The molecule has 0 amide bonds. The Bertz CT molecular complexity index is 562. The van der Waals surface area contributed by atoms with Crippen molar-refractivity contribution in [2.45, 2.75) is 6.54 Å². The lowest BCUT2D eigenvalue weighted by Crippen LogP contribution is -3.12. The molecule has 0 aliphatic carbocycles. The van der Waals surface area contributed by atoms with Gasteiger partial charge in [0, 0.05) is 10.9 Å². The van der Waals surface area contributed by atoms with Crippen LogP contribution in [0.3, 0.4) is 0 Å². The van der Waals surface area contributed by atoms with Gasteiger partial charge in [-0.2, -0.15) is 0 Å². The van der Waals surface area contributed by atoms with Gasteiger partial charge in [0.1, 0.15) is 25.4 Å². The molecular formula is C16H20NO2+. The molecule has 3 heteroatoms. The van der Waals surface area contributed by atoms with Gasteiger partial charge in [0.05, 0.1) is 20.3 Å². The molecular weight excluding hydrogens is 238 g/mol. The van der Waals surface area contributed by atoms with Crippen LogP contribution in [0.4, 0.5) is 0 Å². The van der Waals surface area contributed by atoms with Crippen molar-refractivity contribution in [2.75, 3.05) is 33.4 Å². The van der Waals surface area contributed by atoms with Crippen LogP contribution in [0.25, 0.3) is 10.8 Å². The molecule has 2 aromatic carbocycles. The lowest BCUT2D eigenvalue weighted by atomic mass is 10.0. The van der Waals surface area contributed by atoms with Gasteiger partial charge in [-0.05, 0) is 17.5 Å². The summed E-state index contributed by atoms with van der Waals surface area (Å²) in [6, 6.07) is 12.8. The third-order valence-electron chi connectivity index (χ3n) is 3.83. The summed E-state index contributed by atoms with van der Waals surface area (Å²) in [5, 5.41) is 2.51. The molecule has 1 saturated heterocycles. The van der Waals surface area contributed by atoms with Crippen molar-refractivity contribution < 1.29 is 14.4 Å². The standard InChI is InChI=1S/C16H19NO2/c1-18-16-7-6-13(12-17-8-10-19-11-9-17)14-4-2-3-5-15(14)16/h2-7H,8-12H2,1H3/p+1. The molecule has 0 aromatic heterocycles. The van der Waals surface area contributed by atoms with Crippen molar-refractivity contribution in [2.24, 2.45) is 0 Å². The monoisotopic (exact) mass is 258 g/mol. The van der Waals surface area contributed by atoms with Crippen LogP contribution >= 0.6 is 0 Å². The van der Waals surface area contributed by atoms with Gasteiger partial charge < -0.3 is 14.4 Å². The van der Waals surface area contributed by atoms with Crippen LogP contribution in [0.2, 0.25) is 0 Å². The first-order valence-electron chi connectivity index (χ1n) is 6.84. The van der Waals surface area contributed by atoms with Gasteiger partial charge in [0.15, 0.2) is 0 Å². The normalized spacial score (nSPS) is 16.7. The van der Waals surface area contributed by atoms with Gasteiger partial charge in [-0.25, -0.2) is 0 Å². The van der Waals surface area contributed by atoms with Crippen LogP contribution < -0.4 is 9.64 Å². The second-order valence-corrected chi connectivity index (χ2v) is 5.01. The first kappa shape index (κ1) is 12.5. The molecule has 1 fully saturated rings. The molecule has 0 saturated carbocycles. The molecule has 100 valence electrons. The van der Waals surface area contributed by atoms with Crippen LogP contribution in [0.5, 0.6) is 5.75 Å². The van der Waals surface area contributed by atoms with Crippen LogP contribution in [-0.4, -0.2) is 33.4 Å². The second-order valence-electron chi connectivity index (χ2n) is 5.01. The second kappa shape index (κ2) is 5.59. The van der Waals surface area contributed by atoms with E-state index in [-0.39, 0.29) is 0 Å². The Morgan fingerprint density at radius 2 is 1.79 bits per heavy atom. The molecule has 1 aliphatic heterocycles. The summed E-state index contributed by atoms with van der Waals surface area (Å²) in [4.78, 5) is 1.60. The highest BCUT2D eigenvalue weighted by atomic mass is 16.5. The number of fused-ring (bicyclic) bond motifs is 1. The van der Waals surface area contributed by atoms with Crippen molar-refractivity contribution in [3.05, 3.63) is 42.0 Å². The quantitative estimate of drug-likeness (QED) is 0.896. The Morgan fingerprint density at radius 1 is 1.05 bits per heavy atom. The molecule has 3 nitrogen and oxygen atoms in total. The summed E-state index contributed by atoms with van der Waals surface area (Å²) in [7, 11) is 1.73. The van der Waals surface area contributed by atoms with Gasteiger partial charge in [0.2, 0.25) is 0 Å². The zero-order valence-electron chi connectivity index (χ0n) is 11.3. The van der Waals surface area contributed by atoms with Crippen LogP contribution in [0.15, 0.2) is 36.4 Å². The maximum atomic E-state index is 5.45. The van der Waals surface area contributed by atoms with Crippen molar-refractivity contribution >= 4 is 10.8 Å². The fraction of sp³-hybridized carbons (Fsp3) is 0.375. The summed E-state index contributed by atoms with van der Waals surface area (Å²) >= 11 is 0. The Labute approximate surface area is 113 Å².